The second kappa shape index (κ2) is 9.00. The normalized spacial score (nSPS) is 18.6. The van der Waals surface area contributed by atoms with Crippen molar-refractivity contribution in [2.75, 3.05) is 31.6 Å². The Morgan fingerprint density at radius 3 is 2.61 bits per heavy atom. The number of ether oxygens (including phenoxy) is 1. The summed E-state index contributed by atoms with van der Waals surface area (Å²) in [6.45, 7) is 7.54. The first-order valence-corrected chi connectivity index (χ1v) is 12.0. The van der Waals surface area contributed by atoms with Gasteiger partial charge in [0.05, 0.1) is 48.8 Å². The van der Waals surface area contributed by atoms with Crippen LogP contribution in [0, 0.1) is 0 Å². The van der Waals surface area contributed by atoms with Crippen LogP contribution < -0.4 is 5.32 Å². The van der Waals surface area contributed by atoms with Crippen molar-refractivity contribution in [3.63, 3.8) is 0 Å². The van der Waals surface area contributed by atoms with Gasteiger partial charge < -0.3 is 15.2 Å². The third-order valence-corrected chi connectivity index (χ3v) is 7.09. The van der Waals surface area contributed by atoms with E-state index in [-0.39, 0.29) is 6.54 Å². The van der Waals surface area contributed by atoms with Crippen LogP contribution in [0.4, 0.5) is 11.6 Å². The molecule has 8 nitrogen and oxygen atoms in total. The molecule has 0 radical (unpaired) electrons. The monoisotopic (exact) mass is 490 g/mol. The number of aliphatic hydroxyl groups is 1. The standard InChI is InChI=1S/C23H28Cl2N6O2/c1-23(2,32)13-31-21(25)20(10-27-31)29-22-26-9-15-7-18(24)17(8-19(15)28-22)14-3-5-30(6-4-14)16-11-33-12-16/h7-10,14,16,32H,3-6,11-13H2,1-2H3,(H,26,28,29). The fraction of sp³-hybridized carbons (Fsp3) is 0.522. The fourth-order valence-electron chi connectivity index (χ4n) is 4.50. The van der Waals surface area contributed by atoms with Crippen LogP contribution in [-0.2, 0) is 11.3 Å². The van der Waals surface area contributed by atoms with E-state index >= 15 is 0 Å². The smallest absolute Gasteiger partial charge is 0.227 e. The number of rotatable bonds is 6. The number of anilines is 2. The zero-order chi connectivity index (χ0) is 23.2. The molecule has 2 fully saturated rings. The molecule has 3 aromatic rings. The lowest BCUT2D eigenvalue weighted by Gasteiger charge is -2.41. The van der Waals surface area contributed by atoms with E-state index < -0.39 is 5.60 Å². The van der Waals surface area contributed by atoms with Crippen molar-refractivity contribution in [3.05, 3.63) is 40.3 Å². The van der Waals surface area contributed by atoms with Crippen molar-refractivity contribution in [3.8, 4) is 0 Å². The van der Waals surface area contributed by atoms with Gasteiger partial charge in [-0.1, -0.05) is 23.2 Å². The Morgan fingerprint density at radius 1 is 1.18 bits per heavy atom. The zero-order valence-electron chi connectivity index (χ0n) is 18.8. The van der Waals surface area contributed by atoms with Crippen molar-refractivity contribution in [1.29, 1.82) is 0 Å². The molecule has 2 N–H and O–H groups in total. The third-order valence-electron chi connectivity index (χ3n) is 6.36. The van der Waals surface area contributed by atoms with E-state index in [1.54, 1.807) is 30.9 Å². The van der Waals surface area contributed by atoms with Crippen LogP contribution in [0.2, 0.25) is 10.2 Å². The van der Waals surface area contributed by atoms with E-state index in [2.05, 4.69) is 26.4 Å². The number of piperidine rings is 1. The molecule has 0 spiro atoms. The van der Waals surface area contributed by atoms with Crippen molar-refractivity contribution in [1.82, 2.24) is 24.6 Å². The minimum absolute atomic E-state index is 0.278. The highest BCUT2D eigenvalue weighted by Gasteiger charge is 2.30. The summed E-state index contributed by atoms with van der Waals surface area (Å²) >= 11 is 13.1. The quantitative estimate of drug-likeness (QED) is 0.534. The molecular weight excluding hydrogens is 463 g/mol. The molecule has 2 saturated heterocycles. The molecule has 2 aliphatic heterocycles. The van der Waals surface area contributed by atoms with Crippen LogP contribution in [0.25, 0.3) is 10.9 Å². The van der Waals surface area contributed by atoms with E-state index in [9.17, 15) is 5.11 Å². The van der Waals surface area contributed by atoms with Gasteiger partial charge in [-0.15, -0.1) is 0 Å². The molecule has 2 aliphatic rings. The molecule has 176 valence electrons. The maximum absolute atomic E-state index is 10.0. The molecule has 0 unspecified atom stereocenters. The lowest BCUT2D eigenvalue weighted by molar-refractivity contribution is -0.0712. The third kappa shape index (κ3) is 4.95. The van der Waals surface area contributed by atoms with Crippen LogP contribution in [0.15, 0.2) is 24.5 Å². The molecule has 10 heteroatoms. The second-order valence-corrected chi connectivity index (χ2v) is 10.3. The van der Waals surface area contributed by atoms with Crippen molar-refractivity contribution < 1.29 is 9.84 Å². The molecule has 0 aliphatic carbocycles. The molecule has 0 saturated carbocycles. The number of halogens is 2. The van der Waals surface area contributed by atoms with Gasteiger partial charge in [-0.25, -0.2) is 14.6 Å². The SMILES string of the molecule is CC(C)(O)Cn1ncc(Nc2ncc3cc(Cl)c(C4CCN(C5COC5)CC4)cc3n2)c1Cl. The van der Waals surface area contributed by atoms with E-state index in [4.69, 9.17) is 32.9 Å². The Kier molecular flexibility index (Phi) is 6.22. The van der Waals surface area contributed by atoms with Crippen LogP contribution in [0.1, 0.15) is 38.2 Å². The van der Waals surface area contributed by atoms with Gasteiger partial charge in [-0.3, -0.25) is 4.90 Å². The summed E-state index contributed by atoms with van der Waals surface area (Å²) in [5.74, 6) is 0.848. The van der Waals surface area contributed by atoms with Gasteiger partial charge in [0.15, 0.2) is 5.15 Å². The van der Waals surface area contributed by atoms with Crippen LogP contribution in [0.3, 0.4) is 0 Å². The van der Waals surface area contributed by atoms with Gasteiger partial charge >= 0.3 is 0 Å². The molecule has 4 heterocycles. The summed E-state index contributed by atoms with van der Waals surface area (Å²) in [7, 11) is 0. The predicted molar refractivity (Wildman–Crippen MR) is 130 cm³/mol. The van der Waals surface area contributed by atoms with Gasteiger partial charge in [0.2, 0.25) is 5.95 Å². The Hall–Kier alpha value is -1.97. The lowest BCUT2D eigenvalue weighted by atomic mass is 9.88. The fourth-order valence-corrected chi connectivity index (χ4v) is 5.03. The molecule has 1 aromatic carbocycles. The van der Waals surface area contributed by atoms with Gasteiger partial charge in [-0.2, -0.15) is 5.10 Å². The summed E-state index contributed by atoms with van der Waals surface area (Å²) in [4.78, 5) is 11.6. The van der Waals surface area contributed by atoms with Crippen molar-refractivity contribution in [2.24, 2.45) is 0 Å². The Balaban J connectivity index is 1.34. The summed E-state index contributed by atoms with van der Waals surface area (Å²) in [5.41, 5.74) is 1.64. The number of fused-ring (bicyclic) bond motifs is 1. The lowest BCUT2D eigenvalue weighted by Crippen LogP contribution is -2.51. The number of hydrogen-bond acceptors (Lipinski definition) is 7. The van der Waals surface area contributed by atoms with Crippen molar-refractivity contribution in [2.45, 2.75) is 50.8 Å². The molecule has 0 amide bonds. The van der Waals surface area contributed by atoms with Gasteiger partial charge in [-0.05, 0) is 63.4 Å². The van der Waals surface area contributed by atoms with Gasteiger partial charge in [0.1, 0.15) is 0 Å². The molecule has 2 aromatic heterocycles. The number of nitrogens with zero attached hydrogens (tertiary/aromatic N) is 5. The van der Waals surface area contributed by atoms with E-state index in [0.29, 0.717) is 28.7 Å². The van der Waals surface area contributed by atoms with Gasteiger partial charge in [0.25, 0.3) is 0 Å². The highest BCUT2D eigenvalue weighted by Crippen LogP contribution is 2.36. The molecule has 0 bridgehead atoms. The summed E-state index contributed by atoms with van der Waals surface area (Å²) in [5, 5.41) is 19.5. The Bertz CT molecular complexity index is 1150. The maximum atomic E-state index is 10.0. The van der Waals surface area contributed by atoms with Crippen LogP contribution in [-0.4, -0.2) is 67.7 Å². The molecule has 5 rings (SSSR count). The first-order valence-electron chi connectivity index (χ1n) is 11.3. The molecule has 33 heavy (non-hydrogen) atoms. The zero-order valence-corrected chi connectivity index (χ0v) is 20.3. The average molecular weight is 491 g/mol. The minimum atomic E-state index is -0.927. The van der Waals surface area contributed by atoms with Gasteiger partial charge in [0, 0.05) is 16.6 Å². The maximum Gasteiger partial charge on any atom is 0.227 e. The number of aromatic nitrogens is 4. The van der Waals surface area contributed by atoms with Crippen LogP contribution in [0.5, 0.6) is 0 Å². The van der Waals surface area contributed by atoms with Crippen molar-refractivity contribution >= 4 is 45.7 Å². The number of likely N-dealkylation sites (tertiary alicyclic amines) is 1. The van der Waals surface area contributed by atoms with Crippen LogP contribution >= 0.6 is 23.2 Å². The predicted octanol–water partition coefficient (Wildman–Crippen LogP) is 4.23. The average Bonchev–Trinajstić information content (AvgIpc) is 3.05. The summed E-state index contributed by atoms with van der Waals surface area (Å²) in [6.07, 6.45) is 5.52. The number of benzene rings is 1. The number of nitrogens with one attached hydrogen (secondary N) is 1. The largest absolute Gasteiger partial charge is 0.389 e. The highest BCUT2D eigenvalue weighted by atomic mass is 35.5. The first-order chi connectivity index (χ1) is 15.8. The Morgan fingerprint density at radius 2 is 1.94 bits per heavy atom. The molecule has 0 atom stereocenters. The van der Waals surface area contributed by atoms with E-state index in [0.717, 1.165) is 60.6 Å². The molecular formula is C23H28Cl2N6O2. The topological polar surface area (TPSA) is 88.3 Å². The minimum Gasteiger partial charge on any atom is -0.389 e. The van der Waals surface area contributed by atoms with E-state index in [1.165, 1.54) is 0 Å². The number of hydrogen-bond donors (Lipinski definition) is 2. The second-order valence-electron chi connectivity index (χ2n) is 9.57. The van der Waals surface area contributed by atoms with E-state index in [1.807, 2.05) is 6.07 Å². The summed E-state index contributed by atoms with van der Waals surface area (Å²) < 4.78 is 6.89. The summed E-state index contributed by atoms with van der Waals surface area (Å²) in [6, 6.07) is 4.63. The first kappa shape index (κ1) is 22.8. The Labute approximate surface area is 202 Å². The highest BCUT2D eigenvalue weighted by molar-refractivity contribution is 6.32.